The summed E-state index contributed by atoms with van der Waals surface area (Å²) in [5, 5.41) is 13.6. The average molecular weight is 397 g/mol. The van der Waals surface area contributed by atoms with Crippen LogP contribution in [0.25, 0.3) is 0 Å². The molecule has 5 nitrogen and oxygen atoms in total. The van der Waals surface area contributed by atoms with Gasteiger partial charge in [-0.05, 0) is 43.4 Å². The first-order valence-corrected chi connectivity index (χ1v) is 10.1. The fraction of sp³-hybridized carbons (Fsp3) is 0.471. The van der Waals surface area contributed by atoms with Gasteiger partial charge < -0.3 is 9.88 Å². The van der Waals surface area contributed by atoms with Crippen LogP contribution in [0.3, 0.4) is 0 Å². The summed E-state index contributed by atoms with van der Waals surface area (Å²) in [5.41, 5.74) is 0.849. The molecule has 0 unspecified atom stereocenters. The SMILES string of the molecule is O=C(CSc1nnc(C2CC2)n1C1CC1)NCc1ccc(Cl)cc1Cl. The number of aromatic nitrogens is 3. The highest BCUT2D eigenvalue weighted by Crippen LogP contribution is 2.45. The van der Waals surface area contributed by atoms with E-state index < -0.39 is 0 Å². The number of amides is 1. The standard InChI is InChI=1S/C17H18Cl2N4OS/c18-12-4-3-11(14(19)7-12)8-20-15(24)9-25-17-22-21-16(10-1-2-10)23(17)13-5-6-13/h3-4,7,10,13H,1-2,5-6,8-9H2,(H,20,24). The Kier molecular flexibility index (Phi) is 4.93. The minimum Gasteiger partial charge on any atom is -0.351 e. The van der Waals surface area contributed by atoms with Crippen LogP contribution < -0.4 is 5.32 Å². The maximum absolute atomic E-state index is 12.2. The van der Waals surface area contributed by atoms with Crippen molar-refractivity contribution in [2.24, 2.45) is 0 Å². The lowest BCUT2D eigenvalue weighted by molar-refractivity contribution is -0.118. The molecule has 0 atom stereocenters. The van der Waals surface area contributed by atoms with Crippen LogP contribution in [0.2, 0.25) is 10.0 Å². The van der Waals surface area contributed by atoms with E-state index in [0.29, 0.717) is 34.3 Å². The summed E-state index contributed by atoms with van der Waals surface area (Å²) in [6, 6.07) is 5.80. The Bertz CT molecular complexity index is 802. The number of thioether (sulfide) groups is 1. The van der Waals surface area contributed by atoms with Gasteiger partial charge in [-0.1, -0.05) is 41.0 Å². The molecule has 4 rings (SSSR count). The highest BCUT2D eigenvalue weighted by atomic mass is 35.5. The maximum Gasteiger partial charge on any atom is 0.230 e. The van der Waals surface area contributed by atoms with Gasteiger partial charge in [-0.15, -0.1) is 10.2 Å². The lowest BCUT2D eigenvalue weighted by Crippen LogP contribution is -2.24. The summed E-state index contributed by atoms with van der Waals surface area (Å²) < 4.78 is 2.26. The smallest absolute Gasteiger partial charge is 0.230 e. The van der Waals surface area contributed by atoms with Gasteiger partial charge in [-0.25, -0.2) is 0 Å². The second kappa shape index (κ2) is 7.17. The van der Waals surface area contributed by atoms with Crippen LogP contribution in [0.4, 0.5) is 0 Å². The van der Waals surface area contributed by atoms with Gasteiger partial charge in [0, 0.05) is 28.5 Å². The number of carbonyl (C=O) groups excluding carboxylic acids is 1. The third kappa shape index (κ3) is 4.13. The second-order valence-corrected chi connectivity index (χ2v) is 8.30. The quantitative estimate of drug-likeness (QED) is 0.712. The predicted molar refractivity (Wildman–Crippen MR) is 99.3 cm³/mol. The number of hydrogen-bond donors (Lipinski definition) is 1. The Morgan fingerprint density at radius 2 is 2.04 bits per heavy atom. The molecule has 0 radical (unpaired) electrons. The molecule has 2 aliphatic rings. The molecular formula is C17H18Cl2N4OS. The van der Waals surface area contributed by atoms with Gasteiger partial charge in [0.05, 0.1) is 5.75 Å². The molecule has 132 valence electrons. The van der Waals surface area contributed by atoms with E-state index in [1.165, 1.54) is 37.4 Å². The van der Waals surface area contributed by atoms with E-state index in [9.17, 15) is 4.79 Å². The van der Waals surface area contributed by atoms with Crippen LogP contribution in [0.1, 0.15) is 49.0 Å². The number of nitrogens with zero attached hydrogens (tertiary/aromatic N) is 3. The first-order chi connectivity index (χ1) is 12.1. The maximum atomic E-state index is 12.2. The zero-order chi connectivity index (χ0) is 17.4. The number of hydrogen-bond acceptors (Lipinski definition) is 4. The minimum absolute atomic E-state index is 0.0469. The van der Waals surface area contributed by atoms with E-state index >= 15 is 0 Å². The molecule has 8 heteroatoms. The van der Waals surface area contributed by atoms with Crippen molar-refractivity contribution in [1.29, 1.82) is 0 Å². The topological polar surface area (TPSA) is 59.8 Å². The third-order valence-electron chi connectivity index (χ3n) is 4.37. The van der Waals surface area contributed by atoms with Gasteiger partial charge >= 0.3 is 0 Å². The Labute approximate surface area is 160 Å². The molecule has 1 aromatic carbocycles. The molecule has 1 aromatic heterocycles. The van der Waals surface area contributed by atoms with E-state index in [-0.39, 0.29) is 5.91 Å². The van der Waals surface area contributed by atoms with Crippen molar-refractivity contribution in [2.45, 2.75) is 49.3 Å². The minimum atomic E-state index is -0.0469. The summed E-state index contributed by atoms with van der Waals surface area (Å²) in [7, 11) is 0. The molecule has 2 aliphatic carbocycles. The Morgan fingerprint density at radius 3 is 2.72 bits per heavy atom. The third-order valence-corrected chi connectivity index (χ3v) is 5.90. The number of halogens is 2. The number of nitrogens with one attached hydrogen (secondary N) is 1. The predicted octanol–water partition coefficient (Wildman–Crippen LogP) is 4.21. The molecular weight excluding hydrogens is 379 g/mol. The van der Waals surface area contributed by atoms with Gasteiger partial charge in [-0.3, -0.25) is 4.79 Å². The van der Waals surface area contributed by atoms with E-state index in [4.69, 9.17) is 23.2 Å². The van der Waals surface area contributed by atoms with Crippen LogP contribution in [0.5, 0.6) is 0 Å². The van der Waals surface area contributed by atoms with Crippen molar-refractivity contribution in [3.05, 3.63) is 39.6 Å². The van der Waals surface area contributed by atoms with E-state index in [2.05, 4.69) is 20.1 Å². The van der Waals surface area contributed by atoms with Gasteiger partial charge in [0.2, 0.25) is 5.91 Å². The molecule has 25 heavy (non-hydrogen) atoms. The summed E-state index contributed by atoms with van der Waals surface area (Å²) in [6.07, 6.45) is 4.79. The van der Waals surface area contributed by atoms with Crippen LogP contribution in [-0.4, -0.2) is 26.4 Å². The van der Waals surface area contributed by atoms with E-state index in [0.717, 1.165) is 16.5 Å². The Balaban J connectivity index is 1.33. The second-order valence-electron chi connectivity index (χ2n) is 6.52. The first-order valence-electron chi connectivity index (χ1n) is 8.40. The van der Waals surface area contributed by atoms with Crippen molar-refractivity contribution in [2.75, 3.05) is 5.75 Å². The summed E-state index contributed by atoms with van der Waals surface area (Å²) in [5.74, 6) is 1.96. The van der Waals surface area contributed by atoms with E-state index in [1.807, 2.05) is 6.07 Å². The largest absolute Gasteiger partial charge is 0.351 e. The highest BCUT2D eigenvalue weighted by molar-refractivity contribution is 7.99. The van der Waals surface area contributed by atoms with Crippen LogP contribution >= 0.6 is 35.0 Å². The van der Waals surface area contributed by atoms with Crippen molar-refractivity contribution in [1.82, 2.24) is 20.1 Å². The van der Waals surface area contributed by atoms with Gasteiger partial charge in [0.1, 0.15) is 5.82 Å². The van der Waals surface area contributed by atoms with Crippen molar-refractivity contribution in [3.8, 4) is 0 Å². The van der Waals surface area contributed by atoms with E-state index in [1.54, 1.807) is 12.1 Å². The lowest BCUT2D eigenvalue weighted by Gasteiger charge is -2.09. The molecule has 1 N–H and O–H groups in total. The molecule has 2 aromatic rings. The molecule has 0 aliphatic heterocycles. The summed E-state index contributed by atoms with van der Waals surface area (Å²) in [4.78, 5) is 12.2. The van der Waals surface area contributed by atoms with Crippen molar-refractivity contribution >= 4 is 40.9 Å². The summed E-state index contributed by atoms with van der Waals surface area (Å²) >= 11 is 13.5. The number of rotatable bonds is 7. The molecule has 0 bridgehead atoms. The molecule has 0 saturated heterocycles. The molecule has 2 saturated carbocycles. The normalized spacial score (nSPS) is 16.9. The van der Waals surface area contributed by atoms with Crippen LogP contribution in [0.15, 0.2) is 23.4 Å². The van der Waals surface area contributed by atoms with Gasteiger partial charge in [-0.2, -0.15) is 0 Å². The zero-order valence-electron chi connectivity index (χ0n) is 13.5. The van der Waals surface area contributed by atoms with Gasteiger partial charge in [0.25, 0.3) is 0 Å². The lowest BCUT2D eigenvalue weighted by atomic mass is 10.2. The fourth-order valence-corrected chi connectivity index (χ4v) is 4.04. The molecule has 2 fully saturated rings. The van der Waals surface area contributed by atoms with Crippen molar-refractivity contribution in [3.63, 3.8) is 0 Å². The highest BCUT2D eigenvalue weighted by Gasteiger charge is 2.36. The molecule has 1 heterocycles. The number of carbonyl (C=O) groups is 1. The Hall–Kier alpha value is -1.24. The zero-order valence-corrected chi connectivity index (χ0v) is 15.9. The fourth-order valence-electron chi connectivity index (χ4n) is 2.72. The first kappa shape index (κ1) is 17.2. The summed E-state index contributed by atoms with van der Waals surface area (Å²) in [6.45, 7) is 0.387. The monoisotopic (exact) mass is 396 g/mol. The van der Waals surface area contributed by atoms with Gasteiger partial charge in [0.15, 0.2) is 5.16 Å². The van der Waals surface area contributed by atoms with Crippen molar-refractivity contribution < 1.29 is 4.79 Å². The van der Waals surface area contributed by atoms with Crippen LogP contribution in [-0.2, 0) is 11.3 Å². The average Bonchev–Trinajstić information content (AvgIpc) is 3.51. The molecule has 0 spiro atoms. The van der Waals surface area contributed by atoms with Crippen LogP contribution in [0, 0.1) is 0 Å². The number of benzene rings is 1. The molecule has 1 amide bonds. The Morgan fingerprint density at radius 1 is 1.24 bits per heavy atom.